The fourth-order valence-corrected chi connectivity index (χ4v) is 4.35. The third-order valence-corrected chi connectivity index (χ3v) is 6.13. The van der Waals surface area contributed by atoms with Gasteiger partial charge in [-0.25, -0.2) is 4.99 Å². The number of hydrogen-bond acceptors (Lipinski definition) is 4. The topological polar surface area (TPSA) is 69.2 Å². The summed E-state index contributed by atoms with van der Waals surface area (Å²) in [7, 11) is 5.81. The van der Waals surface area contributed by atoms with Gasteiger partial charge in [-0.2, -0.15) is 0 Å². The molecule has 0 radical (unpaired) electrons. The van der Waals surface area contributed by atoms with Crippen LogP contribution in [0.1, 0.15) is 38.5 Å². The molecule has 3 aliphatic heterocycles. The molecule has 3 unspecified atom stereocenters. The van der Waals surface area contributed by atoms with Crippen molar-refractivity contribution < 1.29 is 9.53 Å². The Bertz CT molecular complexity index is 490. The van der Waals surface area contributed by atoms with Gasteiger partial charge in [0.25, 0.3) is 0 Å². The summed E-state index contributed by atoms with van der Waals surface area (Å²) in [6, 6.07) is 1.78. The molecule has 0 spiro atoms. The molecular formula is C19H35N5O2. The molecule has 7 nitrogen and oxygen atoms in total. The SMILES string of the molecule is CN(C)C(=O)CN=C(NCC1CCOC1)NC1CC2CCCC(C1)N2C. The van der Waals surface area contributed by atoms with E-state index in [1.54, 1.807) is 19.0 Å². The number of rotatable bonds is 5. The van der Waals surface area contributed by atoms with E-state index in [9.17, 15) is 4.79 Å². The fourth-order valence-electron chi connectivity index (χ4n) is 4.35. The lowest BCUT2D eigenvalue weighted by atomic mass is 9.82. The molecule has 3 saturated heterocycles. The van der Waals surface area contributed by atoms with Crippen LogP contribution >= 0.6 is 0 Å². The van der Waals surface area contributed by atoms with Crippen molar-refractivity contribution in [3.63, 3.8) is 0 Å². The summed E-state index contributed by atoms with van der Waals surface area (Å²) in [5.74, 6) is 1.33. The van der Waals surface area contributed by atoms with Crippen LogP contribution in [0.3, 0.4) is 0 Å². The lowest BCUT2D eigenvalue weighted by Crippen LogP contribution is -2.57. The zero-order valence-corrected chi connectivity index (χ0v) is 16.5. The van der Waals surface area contributed by atoms with Crippen LogP contribution < -0.4 is 10.6 Å². The van der Waals surface area contributed by atoms with Gasteiger partial charge in [0.1, 0.15) is 6.54 Å². The number of carbonyl (C=O) groups excluding carboxylic acids is 1. The molecule has 2 N–H and O–H groups in total. The maximum atomic E-state index is 11.9. The van der Waals surface area contributed by atoms with Gasteiger partial charge >= 0.3 is 0 Å². The van der Waals surface area contributed by atoms with Crippen LogP contribution in [0.15, 0.2) is 4.99 Å². The number of hydrogen-bond donors (Lipinski definition) is 2. The van der Waals surface area contributed by atoms with E-state index in [4.69, 9.17) is 4.74 Å². The summed E-state index contributed by atoms with van der Waals surface area (Å²) in [5.41, 5.74) is 0. The highest BCUT2D eigenvalue weighted by molar-refractivity contribution is 5.84. The highest BCUT2D eigenvalue weighted by Crippen LogP contribution is 2.32. The largest absolute Gasteiger partial charge is 0.381 e. The van der Waals surface area contributed by atoms with E-state index in [-0.39, 0.29) is 12.5 Å². The third kappa shape index (κ3) is 5.10. The first kappa shape index (κ1) is 19.4. The monoisotopic (exact) mass is 365 g/mol. The van der Waals surface area contributed by atoms with Crippen molar-refractivity contribution in [1.82, 2.24) is 20.4 Å². The molecule has 0 aromatic heterocycles. The maximum Gasteiger partial charge on any atom is 0.243 e. The Morgan fingerprint density at radius 3 is 2.58 bits per heavy atom. The standard InChI is InChI=1S/C19H35N5O2/c1-23(2)18(25)12-21-19(20-11-14-7-8-26-13-14)22-15-9-16-5-4-6-17(10-15)24(16)3/h14-17H,4-13H2,1-3H3,(H2,20,21,22). The highest BCUT2D eigenvalue weighted by atomic mass is 16.5. The summed E-state index contributed by atoms with van der Waals surface area (Å²) in [4.78, 5) is 20.7. The van der Waals surface area contributed by atoms with Gasteiger partial charge in [0, 0.05) is 51.3 Å². The Labute approximate surface area is 157 Å². The molecule has 3 rings (SSSR count). The van der Waals surface area contributed by atoms with Crippen LogP contribution in [-0.2, 0) is 9.53 Å². The van der Waals surface area contributed by atoms with E-state index >= 15 is 0 Å². The van der Waals surface area contributed by atoms with Crippen LogP contribution in [0.4, 0.5) is 0 Å². The van der Waals surface area contributed by atoms with Crippen molar-refractivity contribution in [3.8, 4) is 0 Å². The van der Waals surface area contributed by atoms with Crippen molar-refractivity contribution in [1.29, 1.82) is 0 Å². The van der Waals surface area contributed by atoms with E-state index in [0.717, 1.165) is 45.0 Å². The molecule has 0 saturated carbocycles. The van der Waals surface area contributed by atoms with Crippen LogP contribution in [0, 0.1) is 5.92 Å². The number of guanidine groups is 1. The third-order valence-electron chi connectivity index (χ3n) is 6.13. The molecule has 0 aromatic rings. The van der Waals surface area contributed by atoms with E-state index < -0.39 is 0 Å². The Morgan fingerprint density at radius 2 is 1.96 bits per heavy atom. The van der Waals surface area contributed by atoms with Gasteiger partial charge < -0.3 is 25.2 Å². The summed E-state index contributed by atoms with van der Waals surface area (Å²) >= 11 is 0. The molecule has 3 atom stereocenters. The van der Waals surface area contributed by atoms with Crippen molar-refractivity contribution in [2.24, 2.45) is 10.9 Å². The van der Waals surface area contributed by atoms with E-state index in [1.807, 2.05) is 0 Å². The number of aliphatic imine (C=N–C) groups is 1. The highest BCUT2D eigenvalue weighted by Gasteiger charge is 2.36. The van der Waals surface area contributed by atoms with E-state index in [2.05, 4.69) is 27.6 Å². The Morgan fingerprint density at radius 1 is 1.23 bits per heavy atom. The Kier molecular flexibility index (Phi) is 6.75. The lowest BCUT2D eigenvalue weighted by Gasteiger charge is -2.47. The summed E-state index contributed by atoms with van der Waals surface area (Å²) in [6.45, 7) is 2.70. The number of ether oxygens (including phenoxy) is 1. The van der Waals surface area contributed by atoms with Gasteiger partial charge in [-0.1, -0.05) is 6.42 Å². The molecule has 26 heavy (non-hydrogen) atoms. The first-order valence-electron chi connectivity index (χ1n) is 10.1. The predicted octanol–water partition coefficient (Wildman–Crippen LogP) is 0.662. The van der Waals surface area contributed by atoms with E-state index in [0.29, 0.717) is 24.0 Å². The zero-order valence-electron chi connectivity index (χ0n) is 16.5. The van der Waals surface area contributed by atoms with Gasteiger partial charge in [0.2, 0.25) is 5.91 Å². The maximum absolute atomic E-state index is 11.9. The van der Waals surface area contributed by atoms with Crippen LogP contribution in [0.25, 0.3) is 0 Å². The number of nitrogens with one attached hydrogen (secondary N) is 2. The molecule has 0 aromatic carbocycles. The average molecular weight is 366 g/mol. The second-order valence-corrected chi connectivity index (χ2v) is 8.28. The van der Waals surface area contributed by atoms with Crippen LogP contribution in [0.2, 0.25) is 0 Å². The molecule has 1 amide bonds. The van der Waals surface area contributed by atoms with Gasteiger partial charge in [-0.05, 0) is 39.2 Å². The predicted molar refractivity (Wildman–Crippen MR) is 103 cm³/mol. The second-order valence-electron chi connectivity index (χ2n) is 8.28. The molecule has 148 valence electrons. The average Bonchev–Trinajstić information content (AvgIpc) is 3.11. The first-order chi connectivity index (χ1) is 12.5. The summed E-state index contributed by atoms with van der Waals surface area (Å²) in [5, 5.41) is 7.08. The minimum Gasteiger partial charge on any atom is -0.381 e. The van der Waals surface area contributed by atoms with Crippen molar-refractivity contribution >= 4 is 11.9 Å². The minimum atomic E-state index is 0.0237. The van der Waals surface area contributed by atoms with Crippen molar-refractivity contribution in [3.05, 3.63) is 0 Å². The number of fused-ring (bicyclic) bond motifs is 2. The number of nitrogens with zero attached hydrogens (tertiary/aromatic N) is 3. The quantitative estimate of drug-likeness (QED) is 0.553. The molecule has 0 aliphatic carbocycles. The number of likely N-dealkylation sites (N-methyl/N-ethyl adjacent to an activating group) is 1. The Hall–Kier alpha value is -1.34. The van der Waals surface area contributed by atoms with E-state index in [1.165, 1.54) is 19.3 Å². The van der Waals surface area contributed by atoms with Gasteiger partial charge in [-0.3, -0.25) is 4.79 Å². The molecule has 3 aliphatic rings. The summed E-state index contributed by atoms with van der Waals surface area (Å²) in [6.07, 6.45) is 7.34. The molecule has 3 heterocycles. The fraction of sp³-hybridized carbons (Fsp3) is 0.895. The van der Waals surface area contributed by atoms with Crippen molar-refractivity contribution in [2.75, 3.05) is 47.4 Å². The Balaban J connectivity index is 1.58. The number of carbonyl (C=O) groups is 1. The normalized spacial score (nSPS) is 32.3. The minimum absolute atomic E-state index is 0.0237. The van der Waals surface area contributed by atoms with Crippen molar-refractivity contribution in [2.45, 2.75) is 56.7 Å². The van der Waals surface area contributed by atoms with Crippen LogP contribution in [0.5, 0.6) is 0 Å². The smallest absolute Gasteiger partial charge is 0.243 e. The van der Waals surface area contributed by atoms with Gasteiger partial charge in [-0.15, -0.1) is 0 Å². The zero-order chi connectivity index (χ0) is 18.5. The first-order valence-corrected chi connectivity index (χ1v) is 10.1. The molecule has 7 heteroatoms. The van der Waals surface area contributed by atoms with Crippen LogP contribution in [-0.4, -0.2) is 87.2 Å². The van der Waals surface area contributed by atoms with Gasteiger partial charge in [0.05, 0.1) is 6.61 Å². The number of amides is 1. The molecule has 3 fully saturated rings. The molecular weight excluding hydrogens is 330 g/mol. The lowest BCUT2D eigenvalue weighted by molar-refractivity contribution is -0.127. The summed E-state index contributed by atoms with van der Waals surface area (Å²) < 4.78 is 5.46. The second kappa shape index (κ2) is 9.04. The number of piperidine rings is 2. The van der Waals surface area contributed by atoms with Gasteiger partial charge in [0.15, 0.2) is 5.96 Å². The molecule has 2 bridgehead atoms.